The third kappa shape index (κ3) is 5.80. The Morgan fingerprint density at radius 1 is 1.11 bits per heavy atom. The lowest BCUT2D eigenvalue weighted by molar-refractivity contribution is 0.409. The van der Waals surface area contributed by atoms with Crippen LogP contribution in [0.2, 0.25) is 0 Å². The molecular formula is C26H31N5O4S. The quantitative estimate of drug-likeness (QED) is 0.378. The predicted molar refractivity (Wildman–Crippen MR) is 139 cm³/mol. The van der Waals surface area contributed by atoms with E-state index in [-0.39, 0.29) is 40.1 Å². The lowest BCUT2D eigenvalue weighted by Gasteiger charge is -2.15. The molecular weight excluding hydrogens is 478 g/mol. The molecule has 1 heterocycles. The van der Waals surface area contributed by atoms with Gasteiger partial charge in [-0.3, -0.25) is 9.36 Å². The maximum atomic E-state index is 12.8. The van der Waals surface area contributed by atoms with Crippen molar-refractivity contribution in [1.82, 2.24) is 9.29 Å². The van der Waals surface area contributed by atoms with Crippen molar-refractivity contribution in [1.29, 1.82) is 5.26 Å². The van der Waals surface area contributed by atoms with Crippen LogP contribution in [0.25, 0.3) is 10.8 Å². The molecule has 0 saturated carbocycles. The van der Waals surface area contributed by atoms with E-state index in [1.807, 2.05) is 13.0 Å². The Kier molecular flexibility index (Phi) is 8.28. The van der Waals surface area contributed by atoms with E-state index in [0.717, 1.165) is 16.4 Å². The van der Waals surface area contributed by atoms with Crippen molar-refractivity contribution >= 4 is 32.2 Å². The van der Waals surface area contributed by atoms with Crippen LogP contribution in [0.3, 0.4) is 0 Å². The molecule has 0 amide bonds. The van der Waals surface area contributed by atoms with Crippen LogP contribution in [-0.4, -0.2) is 24.6 Å². The van der Waals surface area contributed by atoms with Gasteiger partial charge in [0.15, 0.2) is 5.69 Å². The molecule has 0 spiro atoms. The first-order valence-corrected chi connectivity index (χ1v) is 13.3. The van der Waals surface area contributed by atoms with Crippen molar-refractivity contribution in [3.63, 3.8) is 0 Å². The molecule has 2 aromatic carbocycles. The van der Waals surface area contributed by atoms with Crippen molar-refractivity contribution in [3.8, 4) is 11.9 Å². The number of nitrogens with one attached hydrogen (secondary N) is 1. The highest BCUT2D eigenvalue weighted by Crippen LogP contribution is 2.28. The Labute approximate surface area is 211 Å². The molecule has 0 saturated heterocycles. The smallest absolute Gasteiger partial charge is 0.281 e. The Morgan fingerprint density at radius 3 is 2.42 bits per heavy atom. The number of rotatable bonds is 9. The summed E-state index contributed by atoms with van der Waals surface area (Å²) in [6.45, 7) is 10.0. The van der Waals surface area contributed by atoms with Gasteiger partial charge in [0.05, 0.1) is 10.6 Å². The largest absolute Gasteiger partial charge is 0.493 e. The topological polar surface area (TPSA) is 137 Å². The third-order valence-electron chi connectivity index (χ3n) is 5.95. The molecule has 0 aliphatic carbocycles. The van der Waals surface area contributed by atoms with Gasteiger partial charge in [0.25, 0.3) is 5.56 Å². The average Bonchev–Trinajstić information content (AvgIpc) is 2.82. The molecule has 1 atom stereocenters. The van der Waals surface area contributed by atoms with Crippen molar-refractivity contribution in [3.05, 3.63) is 57.9 Å². The van der Waals surface area contributed by atoms with E-state index in [1.165, 1.54) is 6.92 Å². The van der Waals surface area contributed by atoms with Crippen LogP contribution in [-0.2, 0) is 16.6 Å². The Hall–Kier alpha value is -3.55. The second-order valence-electron chi connectivity index (χ2n) is 9.31. The summed E-state index contributed by atoms with van der Waals surface area (Å²) in [6, 6.07) is 11.9. The first-order chi connectivity index (χ1) is 17.0. The second kappa shape index (κ2) is 11.0. The lowest BCUT2D eigenvalue weighted by Crippen LogP contribution is -2.29. The normalized spacial score (nSPS) is 12.9. The Morgan fingerprint density at radius 2 is 1.78 bits per heavy atom. The van der Waals surface area contributed by atoms with Crippen LogP contribution in [0.5, 0.6) is 5.88 Å². The molecule has 190 valence electrons. The van der Waals surface area contributed by atoms with Gasteiger partial charge >= 0.3 is 0 Å². The Bertz CT molecular complexity index is 1520. The highest BCUT2D eigenvalue weighted by molar-refractivity contribution is 7.89. The zero-order valence-corrected chi connectivity index (χ0v) is 21.9. The van der Waals surface area contributed by atoms with Crippen LogP contribution in [0.4, 0.5) is 11.4 Å². The number of nitriles is 1. The molecule has 2 N–H and O–H groups in total. The van der Waals surface area contributed by atoms with Gasteiger partial charge in [0.1, 0.15) is 11.6 Å². The number of hydrogen-bond donors (Lipinski definition) is 2. The lowest BCUT2D eigenvalue weighted by atomic mass is 9.99. The van der Waals surface area contributed by atoms with E-state index in [4.69, 9.17) is 0 Å². The Balaban J connectivity index is 1.89. The summed E-state index contributed by atoms with van der Waals surface area (Å²) in [5.41, 5.74) is 0.114. The minimum absolute atomic E-state index is 0.0227. The van der Waals surface area contributed by atoms with Gasteiger partial charge in [-0.15, -0.1) is 5.11 Å². The van der Waals surface area contributed by atoms with E-state index in [9.17, 15) is 23.6 Å². The first-order valence-electron chi connectivity index (χ1n) is 11.8. The molecule has 9 nitrogen and oxygen atoms in total. The van der Waals surface area contributed by atoms with E-state index >= 15 is 0 Å². The van der Waals surface area contributed by atoms with Crippen LogP contribution >= 0.6 is 0 Å². The molecule has 0 fully saturated rings. The molecule has 1 unspecified atom stereocenters. The van der Waals surface area contributed by atoms with Gasteiger partial charge in [0, 0.05) is 18.7 Å². The maximum absolute atomic E-state index is 12.8. The van der Waals surface area contributed by atoms with Crippen LogP contribution in [0, 0.1) is 30.1 Å². The molecule has 0 radical (unpaired) electrons. The summed E-state index contributed by atoms with van der Waals surface area (Å²) in [5, 5.41) is 29.3. The van der Waals surface area contributed by atoms with E-state index < -0.39 is 15.6 Å². The van der Waals surface area contributed by atoms with Crippen LogP contribution in [0.15, 0.2) is 56.3 Å². The number of aromatic nitrogens is 1. The molecule has 0 aliphatic rings. The summed E-state index contributed by atoms with van der Waals surface area (Å²) in [4.78, 5) is 12.9. The van der Waals surface area contributed by atoms with Gasteiger partial charge in [0.2, 0.25) is 15.9 Å². The number of azo groups is 1. The average molecular weight is 510 g/mol. The molecule has 10 heteroatoms. The highest BCUT2D eigenvalue weighted by atomic mass is 32.2. The standard InChI is InChI=1S/C26H31N5O4S/c1-6-31-25(32)23(14-27)18(5)24(26(31)33)30-29-21-9-7-20-13-22(10-8-19(20)12-21)36(34,35)28-15-17(4)11-16(2)3/h7-10,12-13,16-17,28,32H,6,11,15H2,1-5H3. The van der Waals surface area contributed by atoms with E-state index in [1.54, 1.807) is 43.3 Å². The van der Waals surface area contributed by atoms with Gasteiger partial charge in [-0.1, -0.05) is 32.9 Å². The monoisotopic (exact) mass is 509 g/mol. The molecule has 3 aromatic rings. The summed E-state index contributed by atoms with van der Waals surface area (Å²) in [5.74, 6) is 0.341. The molecule has 1 aromatic heterocycles. The second-order valence-corrected chi connectivity index (χ2v) is 11.1. The molecule has 0 bridgehead atoms. The zero-order valence-electron chi connectivity index (χ0n) is 21.1. The zero-order chi connectivity index (χ0) is 26.6. The fourth-order valence-corrected chi connectivity index (χ4v) is 5.32. The molecule has 3 rings (SSSR count). The van der Waals surface area contributed by atoms with Crippen molar-refractivity contribution in [2.24, 2.45) is 22.1 Å². The predicted octanol–water partition coefficient (Wildman–Crippen LogP) is 5.28. The number of fused-ring (bicyclic) bond motifs is 1. The number of hydrogen-bond acceptors (Lipinski definition) is 7. The SMILES string of the molecule is CCn1c(O)c(C#N)c(C)c(N=Nc2ccc3cc(S(=O)(=O)NCC(C)CC(C)C)ccc3c2)c1=O. The number of benzene rings is 2. The summed E-state index contributed by atoms with van der Waals surface area (Å²) >= 11 is 0. The van der Waals surface area contributed by atoms with Gasteiger partial charge in [-0.05, 0) is 67.1 Å². The number of aromatic hydroxyl groups is 1. The summed E-state index contributed by atoms with van der Waals surface area (Å²) in [6.07, 6.45) is 0.936. The van der Waals surface area contributed by atoms with Gasteiger partial charge in [-0.25, -0.2) is 13.1 Å². The van der Waals surface area contributed by atoms with Crippen LogP contribution in [0.1, 0.15) is 45.2 Å². The molecule has 36 heavy (non-hydrogen) atoms. The fourth-order valence-electron chi connectivity index (χ4n) is 4.12. The van der Waals surface area contributed by atoms with E-state index in [0.29, 0.717) is 23.5 Å². The minimum Gasteiger partial charge on any atom is -0.493 e. The maximum Gasteiger partial charge on any atom is 0.281 e. The van der Waals surface area contributed by atoms with Crippen molar-refractivity contribution in [2.75, 3.05) is 6.54 Å². The van der Waals surface area contributed by atoms with Crippen molar-refractivity contribution in [2.45, 2.75) is 52.5 Å². The van der Waals surface area contributed by atoms with Crippen LogP contribution < -0.4 is 10.3 Å². The van der Waals surface area contributed by atoms with E-state index in [2.05, 4.69) is 28.8 Å². The fraction of sp³-hybridized carbons (Fsp3) is 0.385. The summed E-state index contributed by atoms with van der Waals surface area (Å²) in [7, 11) is -3.64. The van der Waals surface area contributed by atoms with Crippen molar-refractivity contribution < 1.29 is 13.5 Å². The first kappa shape index (κ1) is 27.0. The number of nitrogens with zero attached hydrogens (tertiary/aromatic N) is 4. The minimum atomic E-state index is -3.64. The number of sulfonamides is 1. The number of pyridine rings is 1. The highest BCUT2D eigenvalue weighted by Gasteiger charge is 2.19. The molecule has 0 aliphatic heterocycles. The summed E-state index contributed by atoms with van der Waals surface area (Å²) < 4.78 is 29.3. The third-order valence-corrected chi connectivity index (χ3v) is 7.37. The van der Waals surface area contributed by atoms with Gasteiger partial charge < -0.3 is 5.11 Å². The van der Waals surface area contributed by atoms with Gasteiger partial charge in [-0.2, -0.15) is 10.4 Å².